The van der Waals surface area contributed by atoms with E-state index in [1.54, 1.807) is 0 Å². The van der Waals surface area contributed by atoms with Crippen LogP contribution in [0.25, 0.3) is 0 Å². The Bertz CT molecular complexity index is 684. The number of hydrogen-bond acceptors (Lipinski definition) is 3. The zero-order chi connectivity index (χ0) is 15.9. The molecule has 0 fully saturated rings. The van der Waals surface area contributed by atoms with Crippen LogP contribution < -0.4 is 15.9 Å². The molecular formula is C16H16BrN3O2. The molecule has 22 heavy (non-hydrogen) atoms. The van der Waals surface area contributed by atoms with Crippen molar-refractivity contribution in [3.05, 3.63) is 58.6 Å². The first-order chi connectivity index (χ1) is 10.6. The van der Waals surface area contributed by atoms with E-state index >= 15 is 0 Å². The van der Waals surface area contributed by atoms with E-state index in [-0.39, 0.29) is 0 Å². The summed E-state index contributed by atoms with van der Waals surface area (Å²) in [6.45, 7) is 1.94. The van der Waals surface area contributed by atoms with Gasteiger partial charge in [0.2, 0.25) is 0 Å². The number of rotatable bonds is 5. The molecule has 6 heteroatoms. The molecule has 0 radical (unpaired) electrons. The molecule has 2 rings (SSSR count). The van der Waals surface area contributed by atoms with Gasteiger partial charge in [-0.2, -0.15) is 5.10 Å². The highest BCUT2D eigenvalue weighted by Crippen LogP contribution is 2.27. The molecule has 0 unspecified atom stereocenters. The van der Waals surface area contributed by atoms with Crippen molar-refractivity contribution in [3.63, 3.8) is 0 Å². The van der Waals surface area contributed by atoms with Gasteiger partial charge in [0.1, 0.15) is 11.5 Å². The number of primary amides is 1. The van der Waals surface area contributed by atoms with Crippen molar-refractivity contribution in [1.82, 2.24) is 5.43 Å². The Labute approximate surface area is 137 Å². The summed E-state index contributed by atoms with van der Waals surface area (Å²) >= 11 is 3.39. The Morgan fingerprint density at radius 3 is 2.55 bits per heavy atom. The summed E-state index contributed by atoms with van der Waals surface area (Å²) < 4.78 is 6.89. The predicted octanol–water partition coefficient (Wildman–Crippen LogP) is 4.02. The largest absolute Gasteiger partial charge is 0.457 e. The van der Waals surface area contributed by atoms with Crippen molar-refractivity contribution >= 4 is 27.7 Å². The standard InChI is InChI=1S/C16H16BrN3O2/c1-2-14(19-20-16(18)21)13-5-3-4-6-15(13)22-12-9-7-11(17)8-10-12/h3-10H,2H2,1H3,(H3,18,20,21)/b19-14+. The summed E-state index contributed by atoms with van der Waals surface area (Å²) in [5, 5.41) is 4.03. The Hall–Kier alpha value is -2.34. The number of carbonyl (C=O) groups is 1. The van der Waals surface area contributed by atoms with Crippen molar-refractivity contribution in [2.24, 2.45) is 10.8 Å². The molecule has 114 valence electrons. The minimum Gasteiger partial charge on any atom is -0.457 e. The third-order valence-electron chi connectivity index (χ3n) is 2.88. The number of halogens is 1. The van der Waals surface area contributed by atoms with Crippen molar-refractivity contribution in [1.29, 1.82) is 0 Å². The fourth-order valence-corrected chi connectivity index (χ4v) is 2.14. The average Bonchev–Trinajstić information content (AvgIpc) is 2.51. The number of benzene rings is 2. The van der Waals surface area contributed by atoms with Crippen LogP contribution in [-0.4, -0.2) is 11.7 Å². The van der Waals surface area contributed by atoms with Crippen LogP contribution in [0.15, 0.2) is 58.1 Å². The van der Waals surface area contributed by atoms with E-state index < -0.39 is 6.03 Å². The number of para-hydroxylation sites is 1. The van der Waals surface area contributed by atoms with Gasteiger partial charge < -0.3 is 10.5 Å². The molecule has 0 aliphatic heterocycles. The topological polar surface area (TPSA) is 76.7 Å². The summed E-state index contributed by atoms with van der Waals surface area (Å²) in [6.07, 6.45) is 0.626. The summed E-state index contributed by atoms with van der Waals surface area (Å²) in [7, 11) is 0. The van der Waals surface area contributed by atoms with E-state index in [9.17, 15) is 4.79 Å². The molecule has 0 heterocycles. The average molecular weight is 362 g/mol. The molecule has 2 amide bonds. The Morgan fingerprint density at radius 2 is 1.91 bits per heavy atom. The van der Waals surface area contributed by atoms with Gasteiger partial charge in [-0.15, -0.1) is 0 Å². The number of ether oxygens (including phenoxy) is 1. The van der Waals surface area contributed by atoms with Gasteiger partial charge in [-0.25, -0.2) is 10.2 Å². The molecule has 0 aromatic heterocycles. The third kappa shape index (κ3) is 4.33. The molecule has 0 saturated heterocycles. The van der Waals surface area contributed by atoms with Crippen molar-refractivity contribution in [2.45, 2.75) is 13.3 Å². The van der Waals surface area contributed by atoms with Gasteiger partial charge in [0.05, 0.1) is 5.71 Å². The van der Waals surface area contributed by atoms with Crippen molar-refractivity contribution < 1.29 is 9.53 Å². The summed E-state index contributed by atoms with van der Waals surface area (Å²) in [5.41, 5.74) is 8.81. The minimum atomic E-state index is -0.697. The number of hydrogen-bond donors (Lipinski definition) is 2. The van der Waals surface area contributed by atoms with Gasteiger partial charge >= 0.3 is 6.03 Å². The first kappa shape index (κ1) is 16.0. The highest BCUT2D eigenvalue weighted by atomic mass is 79.9. The lowest BCUT2D eigenvalue weighted by Crippen LogP contribution is -2.26. The first-order valence-electron chi connectivity index (χ1n) is 6.75. The minimum absolute atomic E-state index is 0.626. The van der Waals surface area contributed by atoms with E-state index in [0.717, 1.165) is 10.0 Å². The normalized spacial score (nSPS) is 11.1. The number of nitrogens with two attached hydrogens (primary N) is 1. The summed E-state index contributed by atoms with van der Waals surface area (Å²) in [5.74, 6) is 1.38. The van der Waals surface area contributed by atoms with Crippen LogP contribution in [0.5, 0.6) is 11.5 Å². The second kappa shape index (κ2) is 7.61. The van der Waals surface area contributed by atoms with Gasteiger partial charge in [-0.1, -0.05) is 35.0 Å². The maximum absolute atomic E-state index is 10.8. The van der Waals surface area contributed by atoms with Gasteiger partial charge in [-0.05, 0) is 42.8 Å². The molecular weight excluding hydrogens is 346 g/mol. The Morgan fingerprint density at radius 1 is 1.23 bits per heavy atom. The number of nitrogens with zero attached hydrogens (tertiary/aromatic N) is 1. The Kier molecular flexibility index (Phi) is 5.55. The molecule has 0 bridgehead atoms. The van der Waals surface area contributed by atoms with Crippen LogP contribution in [0, 0.1) is 0 Å². The van der Waals surface area contributed by atoms with Crippen molar-refractivity contribution in [2.75, 3.05) is 0 Å². The molecule has 2 aromatic carbocycles. The lowest BCUT2D eigenvalue weighted by Gasteiger charge is -2.12. The monoisotopic (exact) mass is 361 g/mol. The molecule has 0 aliphatic rings. The quantitative estimate of drug-likeness (QED) is 0.623. The lowest BCUT2D eigenvalue weighted by atomic mass is 10.1. The number of nitrogens with one attached hydrogen (secondary N) is 1. The maximum atomic E-state index is 10.8. The highest BCUT2D eigenvalue weighted by Gasteiger charge is 2.10. The van der Waals surface area contributed by atoms with Crippen LogP contribution in [0.3, 0.4) is 0 Å². The van der Waals surface area contributed by atoms with Crippen LogP contribution in [0.2, 0.25) is 0 Å². The van der Waals surface area contributed by atoms with Crippen LogP contribution >= 0.6 is 15.9 Å². The molecule has 5 nitrogen and oxygen atoms in total. The third-order valence-corrected chi connectivity index (χ3v) is 3.40. The SMILES string of the molecule is CC/C(=N\NC(N)=O)c1ccccc1Oc1ccc(Br)cc1. The van der Waals surface area contributed by atoms with Gasteiger partial charge in [0.25, 0.3) is 0 Å². The van der Waals surface area contributed by atoms with Gasteiger partial charge in [0.15, 0.2) is 0 Å². The zero-order valence-corrected chi connectivity index (χ0v) is 13.6. The second-order valence-corrected chi connectivity index (χ2v) is 5.36. The fraction of sp³-hybridized carbons (Fsp3) is 0.125. The highest BCUT2D eigenvalue weighted by molar-refractivity contribution is 9.10. The predicted molar refractivity (Wildman–Crippen MR) is 90.2 cm³/mol. The molecule has 2 aromatic rings. The van der Waals surface area contributed by atoms with E-state index in [1.165, 1.54) is 0 Å². The Balaban J connectivity index is 2.31. The lowest BCUT2D eigenvalue weighted by molar-refractivity contribution is 0.249. The number of urea groups is 1. The first-order valence-corrected chi connectivity index (χ1v) is 7.54. The van der Waals surface area contributed by atoms with E-state index in [1.807, 2.05) is 55.5 Å². The van der Waals surface area contributed by atoms with Gasteiger partial charge in [-0.3, -0.25) is 0 Å². The van der Waals surface area contributed by atoms with E-state index in [2.05, 4.69) is 26.5 Å². The molecule has 3 N–H and O–H groups in total. The smallest absolute Gasteiger partial charge is 0.332 e. The molecule has 0 spiro atoms. The number of hydrazone groups is 1. The van der Waals surface area contributed by atoms with Crippen LogP contribution in [-0.2, 0) is 0 Å². The molecule has 0 saturated carbocycles. The fourth-order valence-electron chi connectivity index (χ4n) is 1.88. The summed E-state index contributed by atoms with van der Waals surface area (Å²) in [6, 6.07) is 14.4. The van der Waals surface area contributed by atoms with Crippen LogP contribution in [0.4, 0.5) is 4.79 Å². The molecule has 0 atom stereocenters. The second-order valence-electron chi connectivity index (χ2n) is 4.44. The summed E-state index contributed by atoms with van der Waals surface area (Å²) in [4.78, 5) is 10.8. The maximum Gasteiger partial charge on any atom is 0.332 e. The van der Waals surface area contributed by atoms with E-state index in [0.29, 0.717) is 23.6 Å². The van der Waals surface area contributed by atoms with Crippen LogP contribution in [0.1, 0.15) is 18.9 Å². The number of carbonyl (C=O) groups excluding carboxylic acids is 1. The number of amides is 2. The van der Waals surface area contributed by atoms with Crippen molar-refractivity contribution in [3.8, 4) is 11.5 Å². The van der Waals surface area contributed by atoms with Gasteiger partial charge in [0, 0.05) is 10.0 Å². The zero-order valence-electron chi connectivity index (χ0n) is 12.0. The van der Waals surface area contributed by atoms with E-state index in [4.69, 9.17) is 10.5 Å². The molecule has 0 aliphatic carbocycles.